The fourth-order valence-electron chi connectivity index (χ4n) is 2.01. The Morgan fingerprint density at radius 2 is 1.69 bits per heavy atom. The predicted molar refractivity (Wildman–Crippen MR) is 66.4 cm³/mol. The van der Waals surface area contributed by atoms with Gasteiger partial charge in [0.15, 0.2) is 0 Å². The van der Waals surface area contributed by atoms with Gasteiger partial charge in [-0.25, -0.2) is 0 Å². The molecule has 0 aromatic carbocycles. The first-order valence-electron chi connectivity index (χ1n) is 6.25. The molecule has 4 heteroatoms. The highest BCUT2D eigenvalue weighted by molar-refractivity contribution is 5.78. The van der Waals surface area contributed by atoms with Gasteiger partial charge < -0.3 is 5.32 Å². The Labute approximate surface area is 99.0 Å². The van der Waals surface area contributed by atoms with Gasteiger partial charge in [0.1, 0.15) is 0 Å². The lowest BCUT2D eigenvalue weighted by atomic mass is 10.2. The van der Waals surface area contributed by atoms with Crippen molar-refractivity contribution in [1.82, 2.24) is 15.1 Å². The van der Waals surface area contributed by atoms with E-state index in [2.05, 4.69) is 29.0 Å². The minimum absolute atomic E-state index is 0.146. The Kier molecular flexibility index (Phi) is 5.22. The molecule has 16 heavy (non-hydrogen) atoms. The second-order valence-corrected chi connectivity index (χ2v) is 5.13. The van der Waals surface area contributed by atoms with Crippen LogP contribution < -0.4 is 5.32 Å². The first-order valence-corrected chi connectivity index (χ1v) is 6.25. The first-order chi connectivity index (χ1) is 7.49. The molecule has 94 valence electrons. The van der Waals surface area contributed by atoms with E-state index in [9.17, 15) is 4.79 Å². The van der Waals surface area contributed by atoms with E-state index < -0.39 is 0 Å². The van der Waals surface area contributed by atoms with Crippen LogP contribution in [0.4, 0.5) is 0 Å². The lowest BCUT2D eigenvalue weighted by Gasteiger charge is -2.36. The standard InChI is InChI=1S/C12H25N3O/c1-10(2)13-12(16)9-14-5-7-15(8-6-14)11(3)4/h10-11H,5-9H2,1-4H3,(H,13,16). The number of hydrogen-bond donors (Lipinski definition) is 1. The van der Waals surface area contributed by atoms with Crippen LogP contribution in [-0.4, -0.2) is 60.5 Å². The topological polar surface area (TPSA) is 35.6 Å². The Morgan fingerprint density at radius 3 is 2.12 bits per heavy atom. The summed E-state index contributed by atoms with van der Waals surface area (Å²) >= 11 is 0. The summed E-state index contributed by atoms with van der Waals surface area (Å²) in [4.78, 5) is 16.3. The maximum Gasteiger partial charge on any atom is 0.234 e. The van der Waals surface area contributed by atoms with Gasteiger partial charge in [-0.15, -0.1) is 0 Å². The average molecular weight is 227 g/mol. The average Bonchev–Trinajstić information content (AvgIpc) is 2.16. The summed E-state index contributed by atoms with van der Waals surface area (Å²) in [6.07, 6.45) is 0. The van der Waals surface area contributed by atoms with E-state index >= 15 is 0 Å². The van der Waals surface area contributed by atoms with Crippen LogP contribution in [0.15, 0.2) is 0 Å². The molecule has 0 saturated carbocycles. The van der Waals surface area contributed by atoms with Gasteiger partial charge >= 0.3 is 0 Å². The molecular weight excluding hydrogens is 202 g/mol. The molecule has 1 fully saturated rings. The molecule has 1 N–H and O–H groups in total. The van der Waals surface area contributed by atoms with Crippen LogP contribution in [0.25, 0.3) is 0 Å². The highest BCUT2D eigenvalue weighted by Gasteiger charge is 2.20. The second-order valence-electron chi connectivity index (χ2n) is 5.13. The summed E-state index contributed by atoms with van der Waals surface area (Å²) in [5.41, 5.74) is 0. The number of hydrogen-bond acceptors (Lipinski definition) is 3. The summed E-state index contributed by atoms with van der Waals surface area (Å²) in [6.45, 7) is 13.1. The van der Waals surface area contributed by atoms with Crippen LogP contribution in [-0.2, 0) is 4.79 Å². The molecular formula is C12H25N3O. The molecule has 0 radical (unpaired) electrons. The zero-order valence-electron chi connectivity index (χ0n) is 11.0. The van der Waals surface area contributed by atoms with E-state index in [0.717, 1.165) is 26.2 Å². The Morgan fingerprint density at radius 1 is 1.12 bits per heavy atom. The number of rotatable bonds is 4. The van der Waals surface area contributed by atoms with Crippen molar-refractivity contribution >= 4 is 5.91 Å². The monoisotopic (exact) mass is 227 g/mol. The molecule has 0 bridgehead atoms. The second kappa shape index (κ2) is 6.21. The van der Waals surface area contributed by atoms with Crippen molar-refractivity contribution in [3.05, 3.63) is 0 Å². The fourth-order valence-corrected chi connectivity index (χ4v) is 2.01. The summed E-state index contributed by atoms with van der Waals surface area (Å²) < 4.78 is 0. The van der Waals surface area contributed by atoms with E-state index in [1.807, 2.05) is 13.8 Å². The van der Waals surface area contributed by atoms with Crippen LogP contribution in [0.2, 0.25) is 0 Å². The fraction of sp³-hybridized carbons (Fsp3) is 0.917. The molecule has 1 saturated heterocycles. The Balaban J connectivity index is 2.24. The third kappa shape index (κ3) is 4.49. The molecule has 0 aromatic rings. The van der Waals surface area contributed by atoms with E-state index in [-0.39, 0.29) is 11.9 Å². The lowest BCUT2D eigenvalue weighted by Crippen LogP contribution is -2.51. The molecule has 0 spiro atoms. The molecule has 0 unspecified atom stereocenters. The summed E-state index contributed by atoms with van der Waals surface area (Å²) in [7, 11) is 0. The van der Waals surface area contributed by atoms with Crippen LogP contribution >= 0.6 is 0 Å². The molecule has 1 heterocycles. The molecule has 1 rings (SSSR count). The number of nitrogens with one attached hydrogen (secondary N) is 1. The van der Waals surface area contributed by atoms with Crippen molar-refractivity contribution in [2.75, 3.05) is 32.7 Å². The summed E-state index contributed by atoms with van der Waals surface area (Å²) in [5, 5.41) is 2.93. The molecule has 0 aliphatic carbocycles. The predicted octanol–water partition coefficient (Wildman–Crippen LogP) is 0.537. The van der Waals surface area contributed by atoms with E-state index in [1.165, 1.54) is 0 Å². The van der Waals surface area contributed by atoms with Gasteiger partial charge in [0, 0.05) is 38.3 Å². The minimum Gasteiger partial charge on any atom is -0.353 e. The van der Waals surface area contributed by atoms with E-state index in [0.29, 0.717) is 12.6 Å². The number of carbonyl (C=O) groups excluding carboxylic acids is 1. The highest BCUT2D eigenvalue weighted by atomic mass is 16.2. The Bertz CT molecular complexity index is 220. The van der Waals surface area contributed by atoms with Gasteiger partial charge in [0.25, 0.3) is 0 Å². The van der Waals surface area contributed by atoms with E-state index in [1.54, 1.807) is 0 Å². The third-order valence-corrected chi connectivity index (χ3v) is 2.95. The zero-order chi connectivity index (χ0) is 12.1. The van der Waals surface area contributed by atoms with Gasteiger partial charge in [-0.05, 0) is 27.7 Å². The summed E-state index contributed by atoms with van der Waals surface area (Å²) in [6, 6.07) is 0.857. The van der Waals surface area contributed by atoms with E-state index in [4.69, 9.17) is 0 Å². The molecule has 4 nitrogen and oxygen atoms in total. The molecule has 1 aliphatic rings. The largest absolute Gasteiger partial charge is 0.353 e. The molecule has 1 aliphatic heterocycles. The maximum absolute atomic E-state index is 11.6. The number of amides is 1. The SMILES string of the molecule is CC(C)NC(=O)CN1CCN(C(C)C)CC1. The van der Waals surface area contributed by atoms with Crippen molar-refractivity contribution in [2.45, 2.75) is 39.8 Å². The van der Waals surface area contributed by atoms with Crippen molar-refractivity contribution < 1.29 is 4.79 Å². The van der Waals surface area contributed by atoms with Crippen molar-refractivity contribution in [3.63, 3.8) is 0 Å². The quantitative estimate of drug-likeness (QED) is 0.761. The number of piperazine rings is 1. The normalized spacial score (nSPS) is 19.4. The van der Waals surface area contributed by atoms with Crippen molar-refractivity contribution in [1.29, 1.82) is 0 Å². The summed E-state index contributed by atoms with van der Waals surface area (Å²) in [5.74, 6) is 0.146. The van der Waals surface area contributed by atoms with Crippen molar-refractivity contribution in [2.24, 2.45) is 0 Å². The van der Waals surface area contributed by atoms with Crippen molar-refractivity contribution in [3.8, 4) is 0 Å². The van der Waals surface area contributed by atoms with Crippen LogP contribution in [0.5, 0.6) is 0 Å². The minimum atomic E-state index is 0.146. The molecule has 0 aromatic heterocycles. The van der Waals surface area contributed by atoms with Gasteiger partial charge in [0.05, 0.1) is 6.54 Å². The third-order valence-electron chi connectivity index (χ3n) is 2.95. The number of nitrogens with zero attached hydrogens (tertiary/aromatic N) is 2. The smallest absolute Gasteiger partial charge is 0.234 e. The van der Waals surface area contributed by atoms with Gasteiger partial charge in [-0.1, -0.05) is 0 Å². The Hall–Kier alpha value is -0.610. The van der Waals surface area contributed by atoms with Crippen LogP contribution in [0.1, 0.15) is 27.7 Å². The highest BCUT2D eigenvalue weighted by Crippen LogP contribution is 2.05. The van der Waals surface area contributed by atoms with Gasteiger partial charge in [0.2, 0.25) is 5.91 Å². The zero-order valence-corrected chi connectivity index (χ0v) is 11.0. The molecule has 0 atom stereocenters. The maximum atomic E-state index is 11.6. The first kappa shape index (κ1) is 13.5. The lowest BCUT2D eigenvalue weighted by molar-refractivity contribution is -0.123. The van der Waals surface area contributed by atoms with Gasteiger partial charge in [-0.2, -0.15) is 0 Å². The van der Waals surface area contributed by atoms with Crippen LogP contribution in [0, 0.1) is 0 Å². The molecule has 1 amide bonds. The van der Waals surface area contributed by atoms with Crippen LogP contribution in [0.3, 0.4) is 0 Å². The van der Waals surface area contributed by atoms with Gasteiger partial charge in [-0.3, -0.25) is 14.6 Å². The number of carbonyl (C=O) groups is 1.